The van der Waals surface area contributed by atoms with E-state index in [1.54, 1.807) is 0 Å². The third-order valence-electron chi connectivity index (χ3n) is 11.1. The van der Waals surface area contributed by atoms with Crippen LogP contribution >= 0.6 is 0 Å². The van der Waals surface area contributed by atoms with Crippen molar-refractivity contribution in [2.24, 2.45) is 0 Å². The van der Waals surface area contributed by atoms with E-state index in [0.717, 1.165) is 27.6 Å². The van der Waals surface area contributed by atoms with Gasteiger partial charge in [0.25, 0.3) is 0 Å². The number of furan rings is 1. The van der Waals surface area contributed by atoms with Crippen LogP contribution in [0.2, 0.25) is 0 Å². The molecule has 2 heterocycles. The Morgan fingerprint density at radius 1 is 0.300 bits per heavy atom. The van der Waals surface area contributed by atoms with Gasteiger partial charge in [0.15, 0.2) is 0 Å². The second-order valence-corrected chi connectivity index (χ2v) is 13.6. The van der Waals surface area contributed by atoms with Gasteiger partial charge in [-0.25, -0.2) is 0 Å². The van der Waals surface area contributed by atoms with Gasteiger partial charge < -0.3 is 8.98 Å². The fourth-order valence-corrected chi connectivity index (χ4v) is 8.96. The molecule has 230 valence electrons. The molecule has 0 spiro atoms. The summed E-state index contributed by atoms with van der Waals surface area (Å²) in [5.41, 5.74) is 7.72. The average molecular weight is 634 g/mol. The summed E-state index contributed by atoms with van der Waals surface area (Å²) >= 11 is 0. The molecule has 12 rings (SSSR count). The standard InChI is InChI=1S/C48H27NO/c1-2-10-32-31(9-1)36-13-7-15-38-33-22-19-28(25-40(33)39-16-8-14-37(32)48(39)47(36)38)29-20-23-45-41(26-29)42-27-30(21-24-46(42)50-45)49-43-17-5-3-11-34(43)35-12-4-6-18-44(35)49/h1-27H. The maximum atomic E-state index is 6.42. The fraction of sp³-hybridized carbons (Fsp3) is 0. The van der Waals surface area contributed by atoms with Crippen molar-refractivity contribution < 1.29 is 4.42 Å². The molecule has 0 atom stereocenters. The highest BCUT2D eigenvalue weighted by molar-refractivity contribution is 6.40. The van der Waals surface area contributed by atoms with Crippen LogP contribution in [0.3, 0.4) is 0 Å². The zero-order chi connectivity index (χ0) is 32.5. The number of nitrogens with zero attached hydrogens (tertiary/aromatic N) is 1. The first kappa shape index (κ1) is 26.3. The second kappa shape index (κ2) is 9.49. The molecule has 0 saturated heterocycles. The van der Waals surface area contributed by atoms with Gasteiger partial charge in [-0.15, -0.1) is 0 Å². The lowest BCUT2D eigenvalue weighted by Crippen LogP contribution is -1.93. The molecule has 50 heavy (non-hydrogen) atoms. The summed E-state index contributed by atoms with van der Waals surface area (Å²) in [7, 11) is 0. The van der Waals surface area contributed by atoms with E-state index in [4.69, 9.17) is 4.42 Å². The zero-order valence-electron chi connectivity index (χ0n) is 26.9. The van der Waals surface area contributed by atoms with Gasteiger partial charge in [-0.2, -0.15) is 0 Å². The molecule has 0 fully saturated rings. The monoisotopic (exact) mass is 633 g/mol. The van der Waals surface area contributed by atoms with E-state index in [2.05, 4.69) is 168 Å². The highest BCUT2D eigenvalue weighted by Gasteiger charge is 2.18. The summed E-state index contributed by atoms with van der Waals surface area (Å²) < 4.78 is 8.79. The molecule has 12 aromatic rings. The van der Waals surface area contributed by atoms with Crippen molar-refractivity contribution in [2.45, 2.75) is 0 Å². The Balaban J connectivity index is 1.09. The Morgan fingerprint density at radius 2 is 0.740 bits per heavy atom. The molecule has 0 radical (unpaired) electrons. The highest BCUT2D eigenvalue weighted by atomic mass is 16.3. The van der Waals surface area contributed by atoms with Gasteiger partial charge in [0.2, 0.25) is 0 Å². The van der Waals surface area contributed by atoms with Crippen molar-refractivity contribution in [2.75, 3.05) is 0 Å². The van der Waals surface area contributed by atoms with Gasteiger partial charge in [-0.3, -0.25) is 0 Å². The van der Waals surface area contributed by atoms with Crippen LogP contribution in [0.1, 0.15) is 0 Å². The maximum Gasteiger partial charge on any atom is 0.135 e. The molecule has 0 aliphatic carbocycles. The molecular weight excluding hydrogens is 607 g/mol. The quantitative estimate of drug-likeness (QED) is 0.137. The summed E-state index contributed by atoms with van der Waals surface area (Å²) in [4.78, 5) is 0. The lowest BCUT2D eigenvalue weighted by atomic mass is 9.85. The first-order valence-electron chi connectivity index (χ1n) is 17.3. The van der Waals surface area contributed by atoms with Gasteiger partial charge in [0.05, 0.1) is 11.0 Å². The van der Waals surface area contributed by atoms with E-state index >= 15 is 0 Å². The number of benzene rings is 10. The summed E-state index contributed by atoms with van der Waals surface area (Å²) in [5.74, 6) is 0. The van der Waals surface area contributed by atoms with Crippen LogP contribution in [0.5, 0.6) is 0 Å². The fourth-order valence-electron chi connectivity index (χ4n) is 8.96. The normalized spacial score (nSPS) is 12.4. The number of rotatable bonds is 2. The Hall–Kier alpha value is -6.64. The topological polar surface area (TPSA) is 18.1 Å². The van der Waals surface area contributed by atoms with E-state index < -0.39 is 0 Å². The van der Waals surface area contributed by atoms with Crippen molar-refractivity contribution in [3.05, 3.63) is 164 Å². The predicted molar refractivity (Wildman–Crippen MR) is 212 cm³/mol. The third kappa shape index (κ3) is 3.37. The molecule has 2 nitrogen and oxygen atoms in total. The minimum atomic E-state index is 0.899. The Morgan fingerprint density at radius 3 is 1.36 bits per heavy atom. The van der Waals surface area contributed by atoms with Crippen LogP contribution < -0.4 is 0 Å². The molecular formula is C48H27NO. The lowest BCUT2D eigenvalue weighted by Gasteiger charge is -2.18. The second-order valence-electron chi connectivity index (χ2n) is 13.6. The van der Waals surface area contributed by atoms with Crippen molar-refractivity contribution in [1.82, 2.24) is 4.57 Å². The van der Waals surface area contributed by atoms with Gasteiger partial charge >= 0.3 is 0 Å². The maximum absolute atomic E-state index is 6.42. The van der Waals surface area contributed by atoms with Gasteiger partial charge in [0, 0.05) is 27.2 Å². The van der Waals surface area contributed by atoms with Crippen molar-refractivity contribution in [1.29, 1.82) is 0 Å². The van der Waals surface area contributed by atoms with Crippen LogP contribution in [0.4, 0.5) is 0 Å². The number of hydrogen-bond donors (Lipinski definition) is 0. The van der Waals surface area contributed by atoms with Crippen LogP contribution in [-0.2, 0) is 0 Å². The van der Waals surface area contributed by atoms with E-state index in [-0.39, 0.29) is 0 Å². The molecule has 0 amide bonds. The first-order chi connectivity index (χ1) is 24.8. The van der Waals surface area contributed by atoms with E-state index in [1.807, 2.05) is 0 Å². The number of fused-ring (bicyclic) bond motifs is 12. The molecule has 0 aliphatic rings. The summed E-state index contributed by atoms with van der Waals surface area (Å²) in [6.07, 6.45) is 0. The lowest BCUT2D eigenvalue weighted by molar-refractivity contribution is 0.669. The van der Waals surface area contributed by atoms with E-state index in [0.29, 0.717) is 0 Å². The molecule has 0 N–H and O–H groups in total. The van der Waals surface area contributed by atoms with Crippen LogP contribution in [0.25, 0.3) is 114 Å². The summed E-state index contributed by atoms with van der Waals surface area (Å²) in [6, 6.07) is 60.0. The number of aromatic nitrogens is 1. The molecule has 10 aromatic carbocycles. The van der Waals surface area contributed by atoms with E-state index in [1.165, 1.54) is 86.8 Å². The third-order valence-corrected chi connectivity index (χ3v) is 11.1. The average Bonchev–Trinajstić information content (AvgIpc) is 3.72. The Labute approximate surface area is 286 Å². The minimum Gasteiger partial charge on any atom is -0.456 e. The predicted octanol–water partition coefficient (Wildman–Crippen LogP) is 13.6. The van der Waals surface area contributed by atoms with Crippen LogP contribution in [0, 0.1) is 0 Å². The minimum absolute atomic E-state index is 0.899. The van der Waals surface area contributed by atoms with E-state index in [9.17, 15) is 0 Å². The largest absolute Gasteiger partial charge is 0.456 e. The number of para-hydroxylation sites is 2. The van der Waals surface area contributed by atoms with Crippen molar-refractivity contribution in [3.63, 3.8) is 0 Å². The molecule has 0 unspecified atom stereocenters. The molecule has 2 aromatic heterocycles. The summed E-state index contributed by atoms with van der Waals surface area (Å²) in [6.45, 7) is 0. The Bertz CT molecular complexity index is 3320. The number of hydrogen-bond acceptors (Lipinski definition) is 1. The first-order valence-corrected chi connectivity index (χ1v) is 17.3. The zero-order valence-corrected chi connectivity index (χ0v) is 26.9. The molecule has 2 heteroatoms. The SMILES string of the molecule is c1ccc2c(c1)c1cccc3c4ccc(-c5ccc6oc7ccc(-n8c9ccccc9c9ccccc98)cc7c6c5)cc4c4cccc2c4c13. The van der Waals surface area contributed by atoms with Gasteiger partial charge in [-0.05, 0) is 114 Å². The molecule has 0 aliphatic heterocycles. The summed E-state index contributed by atoms with van der Waals surface area (Å²) in [5, 5.41) is 18.0. The Kier molecular flexibility index (Phi) is 5.00. The smallest absolute Gasteiger partial charge is 0.135 e. The molecule has 0 saturated carbocycles. The van der Waals surface area contributed by atoms with Crippen LogP contribution in [-0.4, -0.2) is 4.57 Å². The molecule has 0 bridgehead atoms. The van der Waals surface area contributed by atoms with Crippen LogP contribution in [0.15, 0.2) is 168 Å². The van der Waals surface area contributed by atoms with Gasteiger partial charge in [-0.1, -0.05) is 115 Å². The van der Waals surface area contributed by atoms with Crippen molar-refractivity contribution in [3.8, 4) is 16.8 Å². The highest BCUT2D eigenvalue weighted by Crippen LogP contribution is 2.45. The van der Waals surface area contributed by atoms with Crippen molar-refractivity contribution >= 4 is 97.6 Å². The van der Waals surface area contributed by atoms with Gasteiger partial charge in [0.1, 0.15) is 11.2 Å².